The molecule has 1 atom stereocenters. The summed E-state index contributed by atoms with van der Waals surface area (Å²) in [5.74, 6) is 0. The molecule has 0 bridgehead atoms. The number of sulfone groups is 1. The van der Waals surface area contributed by atoms with Crippen molar-refractivity contribution in [2.75, 3.05) is 19.5 Å². The van der Waals surface area contributed by atoms with Crippen molar-refractivity contribution in [2.24, 2.45) is 0 Å². The molecule has 0 spiro atoms. The average Bonchev–Trinajstić information content (AvgIpc) is 2.28. The monoisotopic (exact) mass is 257 g/mol. The van der Waals surface area contributed by atoms with Crippen LogP contribution in [-0.2, 0) is 14.6 Å². The molecule has 2 N–H and O–H groups in total. The highest BCUT2D eigenvalue weighted by Gasteiger charge is 2.25. The van der Waals surface area contributed by atoms with Crippen LogP contribution in [0.5, 0.6) is 0 Å². The molecule has 0 fully saturated rings. The summed E-state index contributed by atoms with van der Waals surface area (Å²) in [6.45, 7) is 3.94. The zero-order valence-corrected chi connectivity index (χ0v) is 11.3. The number of benzene rings is 1. The van der Waals surface area contributed by atoms with Gasteiger partial charge in [-0.15, -0.1) is 0 Å². The summed E-state index contributed by atoms with van der Waals surface area (Å²) in [4.78, 5) is 0.223. The molecule has 1 aromatic rings. The smallest absolute Gasteiger partial charge is 0.183 e. The lowest BCUT2D eigenvalue weighted by molar-refractivity contribution is 0.194. The van der Waals surface area contributed by atoms with Crippen LogP contribution in [0.4, 0.5) is 5.69 Å². The summed E-state index contributed by atoms with van der Waals surface area (Å²) in [5.41, 5.74) is 6.92. The lowest BCUT2D eigenvalue weighted by Gasteiger charge is -2.14. The second-order valence-corrected chi connectivity index (χ2v) is 6.51. The minimum atomic E-state index is -3.37. The van der Waals surface area contributed by atoms with E-state index in [4.69, 9.17) is 10.5 Å². The fraction of sp³-hybridized carbons (Fsp3) is 0.500. The van der Waals surface area contributed by atoms with Crippen LogP contribution in [0.15, 0.2) is 23.1 Å². The van der Waals surface area contributed by atoms with Crippen molar-refractivity contribution < 1.29 is 13.2 Å². The first-order valence-corrected chi connectivity index (χ1v) is 7.03. The van der Waals surface area contributed by atoms with Crippen LogP contribution >= 0.6 is 0 Å². The summed E-state index contributed by atoms with van der Waals surface area (Å²) in [6, 6.07) is 5.05. The largest absolute Gasteiger partial charge is 0.398 e. The first kappa shape index (κ1) is 14.0. The molecule has 1 aromatic carbocycles. The van der Waals surface area contributed by atoms with Gasteiger partial charge in [0, 0.05) is 13.7 Å². The summed E-state index contributed by atoms with van der Waals surface area (Å²) < 4.78 is 29.5. The quantitative estimate of drug-likeness (QED) is 0.816. The van der Waals surface area contributed by atoms with Gasteiger partial charge in [-0.1, -0.05) is 6.07 Å². The Kier molecular flexibility index (Phi) is 4.54. The number of ether oxygens (including phenoxy) is 1. The number of nitrogen functional groups attached to an aromatic ring is 1. The fourth-order valence-corrected chi connectivity index (χ4v) is 3.13. The molecule has 0 radical (unpaired) electrons. The Labute approximate surface area is 103 Å². The van der Waals surface area contributed by atoms with E-state index in [9.17, 15) is 8.42 Å². The van der Waals surface area contributed by atoms with E-state index < -0.39 is 15.1 Å². The number of hydrogen-bond donors (Lipinski definition) is 1. The molecule has 1 rings (SSSR count). The second-order valence-electron chi connectivity index (χ2n) is 4.18. The highest BCUT2D eigenvalue weighted by Crippen LogP contribution is 2.25. The molecule has 1 unspecified atom stereocenters. The zero-order chi connectivity index (χ0) is 13.1. The molecule has 0 aliphatic carbocycles. The van der Waals surface area contributed by atoms with Gasteiger partial charge in [0.25, 0.3) is 0 Å². The van der Waals surface area contributed by atoms with Gasteiger partial charge in [0.2, 0.25) is 0 Å². The molecule has 0 aromatic heterocycles. The van der Waals surface area contributed by atoms with Crippen LogP contribution in [0.1, 0.15) is 18.9 Å². The van der Waals surface area contributed by atoms with Gasteiger partial charge in [0.15, 0.2) is 9.84 Å². The van der Waals surface area contributed by atoms with Gasteiger partial charge in [-0.05, 0) is 38.0 Å². The van der Waals surface area contributed by atoms with Crippen molar-refractivity contribution in [2.45, 2.75) is 30.4 Å². The topological polar surface area (TPSA) is 69.4 Å². The van der Waals surface area contributed by atoms with E-state index in [1.807, 2.05) is 6.92 Å². The molecular formula is C12H19NO3S. The van der Waals surface area contributed by atoms with E-state index in [1.165, 1.54) is 0 Å². The van der Waals surface area contributed by atoms with E-state index in [-0.39, 0.29) is 4.90 Å². The summed E-state index contributed by atoms with van der Waals surface area (Å²) >= 11 is 0. The van der Waals surface area contributed by atoms with Crippen molar-refractivity contribution in [3.05, 3.63) is 23.8 Å². The Morgan fingerprint density at radius 2 is 2.06 bits per heavy atom. The minimum Gasteiger partial charge on any atom is -0.398 e. The number of rotatable bonds is 5. The molecule has 4 nitrogen and oxygen atoms in total. The third kappa shape index (κ3) is 3.20. The average molecular weight is 257 g/mol. The van der Waals surface area contributed by atoms with Crippen molar-refractivity contribution in [3.8, 4) is 0 Å². The Hall–Kier alpha value is -1.07. The lowest BCUT2D eigenvalue weighted by atomic mass is 10.2. The highest BCUT2D eigenvalue weighted by molar-refractivity contribution is 7.92. The molecule has 5 heteroatoms. The van der Waals surface area contributed by atoms with Gasteiger partial charge in [0.1, 0.15) is 0 Å². The van der Waals surface area contributed by atoms with E-state index in [0.717, 1.165) is 5.56 Å². The molecule has 0 saturated carbocycles. The number of methoxy groups -OCH3 is 1. The van der Waals surface area contributed by atoms with Gasteiger partial charge >= 0.3 is 0 Å². The van der Waals surface area contributed by atoms with Crippen molar-refractivity contribution in [1.29, 1.82) is 0 Å². The fourth-order valence-electron chi connectivity index (χ4n) is 1.54. The summed E-state index contributed by atoms with van der Waals surface area (Å²) in [5, 5.41) is -0.494. The molecule has 96 valence electrons. The lowest BCUT2D eigenvalue weighted by Crippen LogP contribution is -2.21. The zero-order valence-electron chi connectivity index (χ0n) is 10.4. The normalized spacial score (nSPS) is 13.6. The van der Waals surface area contributed by atoms with E-state index in [0.29, 0.717) is 18.7 Å². The minimum absolute atomic E-state index is 0.223. The Morgan fingerprint density at radius 1 is 1.41 bits per heavy atom. The summed E-state index contributed by atoms with van der Waals surface area (Å²) in [7, 11) is -1.81. The van der Waals surface area contributed by atoms with Gasteiger partial charge < -0.3 is 10.5 Å². The third-order valence-corrected chi connectivity index (χ3v) is 5.00. The predicted molar refractivity (Wildman–Crippen MR) is 68.7 cm³/mol. The van der Waals surface area contributed by atoms with Crippen LogP contribution < -0.4 is 5.73 Å². The van der Waals surface area contributed by atoms with Gasteiger partial charge in [-0.25, -0.2) is 8.42 Å². The standard InChI is InChI=1S/C12H19NO3S/c1-9-4-5-11(13)12(8-9)17(14,15)10(2)6-7-16-3/h4-5,8,10H,6-7,13H2,1-3H3. The number of aryl methyl sites for hydroxylation is 1. The van der Waals surface area contributed by atoms with Crippen molar-refractivity contribution in [3.63, 3.8) is 0 Å². The van der Waals surface area contributed by atoms with Crippen LogP contribution in [-0.4, -0.2) is 27.4 Å². The second kappa shape index (κ2) is 5.51. The van der Waals surface area contributed by atoms with E-state index in [2.05, 4.69) is 0 Å². The molecule has 0 heterocycles. The SMILES string of the molecule is COCCC(C)S(=O)(=O)c1cc(C)ccc1N. The van der Waals surface area contributed by atoms with Gasteiger partial charge in [0.05, 0.1) is 15.8 Å². The first-order valence-electron chi connectivity index (χ1n) is 5.48. The maximum Gasteiger partial charge on any atom is 0.183 e. The Morgan fingerprint density at radius 3 is 2.65 bits per heavy atom. The molecule has 0 saturated heterocycles. The highest BCUT2D eigenvalue weighted by atomic mass is 32.2. The molecule has 0 aliphatic rings. The van der Waals surface area contributed by atoms with Crippen molar-refractivity contribution >= 4 is 15.5 Å². The van der Waals surface area contributed by atoms with Gasteiger partial charge in [-0.3, -0.25) is 0 Å². The third-order valence-electron chi connectivity index (χ3n) is 2.73. The Bertz CT molecular complexity index is 483. The molecule has 0 aliphatic heterocycles. The first-order chi connectivity index (χ1) is 7.89. The van der Waals surface area contributed by atoms with Crippen LogP contribution in [0.25, 0.3) is 0 Å². The molecule has 0 amide bonds. The maximum absolute atomic E-state index is 12.3. The van der Waals surface area contributed by atoms with Crippen LogP contribution in [0.3, 0.4) is 0 Å². The molecular weight excluding hydrogens is 238 g/mol. The number of nitrogens with two attached hydrogens (primary N) is 1. The maximum atomic E-state index is 12.3. The Balaban J connectivity index is 3.08. The van der Waals surface area contributed by atoms with Crippen LogP contribution in [0.2, 0.25) is 0 Å². The van der Waals surface area contributed by atoms with Gasteiger partial charge in [-0.2, -0.15) is 0 Å². The molecule has 17 heavy (non-hydrogen) atoms. The number of anilines is 1. The predicted octanol–water partition coefficient (Wildman–Crippen LogP) is 1.78. The van der Waals surface area contributed by atoms with Crippen LogP contribution in [0, 0.1) is 6.92 Å². The summed E-state index contributed by atoms with van der Waals surface area (Å²) in [6.07, 6.45) is 0.464. The number of hydrogen-bond acceptors (Lipinski definition) is 4. The van der Waals surface area contributed by atoms with E-state index in [1.54, 1.807) is 32.2 Å². The van der Waals surface area contributed by atoms with Crippen molar-refractivity contribution in [1.82, 2.24) is 0 Å². The van der Waals surface area contributed by atoms with E-state index >= 15 is 0 Å².